The van der Waals surface area contributed by atoms with Crippen LogP contribution in [0.3, 0.4) is 0 Å². The van der Waals surface area contributed by atoms with Crippen LogP contribution in [0.25, 0.3) is 5.57 Å². The summed E-state index contributed by atoms with van der Waals surface area (Å²) in [4.78, 5) is 107. The average Bonchev–Trinajstić information content (AvgIpc) is 3.29. The number of carbonyl (C=O) groups excluding carboxylic acids is 8. The molecular weight excluding hydrogens is 867 g/mol. The molecule has 372 valence electrons. The van der Waals surface area contributed by atoms with Crippen molar-refractivity contribution in [3.8, 4) is 5.75 Å². The van der Waals surface area contributed by atoms with Gasteiger partial charge in [0.2, 0.25) is 41.4 Å². The number of amides is 8. The van der Waals surface area contributed by atoms with Crippen LogP contribution in [0.1, 0.15) is 121 Å². The molecule has 0 saturated carbocycles. The highest BCUT2D eigenvalue weighted by Crippen LogP contribution is 2.38. The molecular formula is C47H73N9O11. The van der Waals surface area contributed by atoms with Gasteiger partial charge in [-0.3, -0.25) is 38.4 Å². The van der Waals surface area contributed by atoms with Crippen LogP contribution in [0.2, 0.25) is 0 Å². The van der Waals surface area contributed by atoms with Crippen molar-refractivity contribution in [2.24, 2.45) is 17.4 Å². The Morgan fingerprint density at radius 3 is 2.01 bits per heavy atom. The number of aliphatic hydroxyl groups excluding tert-OH is 2. The van der Waals surface area contributed by atoms with Crippen molar-refractivity contribution in [2.75, 3.05) is 33.8 Å². The first-order valence-corrected chi connectivity index (χ1v) is 23.4. The molecule has 6 atom stereocenters. The number of hydrogen-bond donors (Lipinski definition) is 10. The average molecular weight is 940 g/mol. The zero-order chi connectivity index (χ0) is 49.6. The summed E-state index contributed by atoms with van der Waals surface area (Å²) in [6, 6.07) is -0.901. The molecule has 0 saturated heterocycles. The summed E-state index contributed by atoms with van der Waals surface area (Å²) in [6.45, 7) is 1.60. The maximum atomic E-state index is 14.1. The zero-order valence-electron chi connectivity index (χ0n) is 39.4. The normalized spacial score (nSPS) is 19.2. The Morgan fingerprint density at radius 2 is 1.42 bits per heavy atom. The number of nitrogens with zero attached hydrogens (tertiary/aromatic N) is 2. The maximum Gasteiger partial charge on any atom is 0.257 e. The van der Waals surface area contributed by atoms with E-state index >= 15 is 0 Å². The van der Waals surface area contributed by atoms with E-state index in [1.165, 1.54) is 103 Å². The van der Waals surface area contributed by atoms with Gasteiger partial charge in [-0.1, -0.05) is 96.1 Å². The quantitative estimate of drug-likeness (QED) is 0.0486. The Labute approximate surface area is 393 Å². The lowest BCUT2D eigenvalue weighted by atomic mass is 9.82. The number of hydrogen-bond acceptors (Lipinski definition) is 12. The van der Waals surface area contributed by atoms with Gasteiger partial charge in [0.1, 0.15) is 35.7 Å². The lowest BCUT2D eigenvalue weighted by Crippen LogP contribution is -2.60. The second kappa shape index (κ2) is 28.2. The highest BCUT2D eigenvalue weighted by molar-refractivity contribution is 5.97. The summed E-state index contributed by atoms with van der Waals surface area (Å²) in [5.41, 5.74) is 12.0. The number of fused-ring (bicyclic) bond motifs is 5. The van der Waals surface area contributed by atoms with Crippen LogP contribution in [-0.2, 0) is 44.8 Å². The second-order valence-electron chi connectivity index (χ2n) is 17.5. The molecule has 1 aliphatic heterocycles. The minimum atomic E-state index is -1.71. The van der Waals surface area contributed by atoms with Crippen LogP contribution in [0.5, 0.6) is 5.75 Å². The van der Waals surface area contributed by atoms with Gasteiger partial charge in [0, 0.05) is 44.0 Å². The predicted molar refractivity (Wildman–Crippen MR) is 250 cm³/mol. The Kier molecular flexibility index (Phi) is 23.3. The number of nitrogens with one attached hydrogen (secondary N) is 5. The van der Waals surface area contributed by atoms with Crippen LogP contribution >= 0.6 is 0 Å². The van der Waals surface area contributed by atoms with E-state index in [1.54, 1.807) is 0 Å². The predicted octanol–water partition coefficient (Wildman–Crippen LogP) is 1.03. The van der Waals surface area contributed by atoms with Gasteiger partial charge in [-0.05, 0) is 43.5 Å². The topological polar surface area (TPSA) is 316 Å². The largest absolute Gasteiger partial charge is 0.508 e. The number of primary amides is 1. The molecule has 1 heterocycles. The highest BCUT2D eigenvalue weighted by Gasteiger charge is 2.38. The van der Waals surface area contributed by atoms with Crippen molar-refractivity contribution in [2.45, 2.75) is 147 Å². The van der Waals surface area contributed by atoms with E-state index in [9.17, 15) is 53.7 Å². The van der Waals surface area contributed by atoms with E-state index in [0.717, 1.165) is 35.5 Å². The first-order chi connectivity index (χ1) is 31.9. The molecule has 0 aromatic heterocycles. The molecule has 0 spiro atoms. The summed E-state index contributed by atoms with van der Waals surface area (Å²) in [6.07, 6.45) is 16.0. The number of rotatable bonds is 25. The van der Waals surface area contributed by atoms with Crippen LogP contribution in [0.4, 0.5) is 0 Å². The Hall–Kier alpha value is -6.02. The van der Waals surface area contributed by atoms with Crippen LogP contribution in [-0.4, -0.2) is 137 Å². The van der Waals surface area contributed by atoms with Crippen molar-refractivity contribution in [3.63, 3.8) is 0 Å². The smallest absolute Gasteiger partial charge is 0.257 e. The number of allylic oxidation sites excluding steroid dienone is 2. The summed E-state index contributed by atoms with van der Waals surface area (Å²) in [7, 11) is 2.67. The molecule has 1 aliphatic carbocycles. The summed E-state index contributed by atoms with van der Waals surface area (Å²) < 4.78 is 0. The number of carbonyl (C=O) groups is 8. The van der Waals surface area contributed by atoms with Gasteiger partial charge in [0.25, 0.3) is 5.91 Å². The van der Waals surface area contributed by atoms with Gasteiger partial charge in [-0.25, -0.2) is 0 Å². The number of aliphatic hydroxyl groups is 2. The van der Waals surface area contributed by atoms with Crippen LogP contribution < -0.4 is 38.1 Å². The molecule has 1 aromatic carbocycles. The summed E-state index contributed by atoms with van der Waals surface area (Å²) in [5.74, 6) is -7.58. The van der Waals surface area contributed by atoms with Crippen molar-refractivity contribution < 1.29 is 53.7 Å². The molecule has 67 heavy (non-hydrogen) atoms. The third kappa shape index (κ3) is 17.6. The van der Waals surface area contributed by atoms with Gasteiger partial charge in [0.05, 0.1) is 19.7 Å². The number of aromatic hydroxyl groups is 1. The number of unbranched alkanes of at least 4 members (excludes halogenated alkanes) is 12. The fourth-order valence-electron chi connectivity index (χ4n) is 8.09. The minimum absolute atomic E-state index is 0.0935. The van der Waals surface area contributed by atoms with E-state index in [-0.39, 0.29) is 47.8 Å². The first-order valence-electron chi connectivity index (χ1n) is 23.4. The first kappa shape index (κ1) is 55.3. The molecule has 0 fully saturated rings. The van der Waals surface area contributed by atoms with E-state index in [2.05, 4.69) is 33.5 Å². The standard InChI is InChI=1S/C47H73N9O11/c1-5-6-7-8-9-10-11-12-13-14-15-16-17-18-39(61)55(3)35(28-57)45(65)54-42(49)47(67)51-27-40(62)56(4)41-31-20-22-37(59)33(25-31)32-23-30(19-21-36(32)58)24-34(44(64)50-26-38(48)60)53-43(63)29(2)52-46(41)66/h19-23,29,31,34-35,41-42,57-59H,5-18,24-28,49H2,1-4H3,(H2,48,60)(H,50,64)(H,51,67)(H,52,66)(H,53,63)(H,54,65)/t29-,31?,34-,35+,41-,42-/m0/s1. The second-order valence-corrected chi connectivity index (χ2v) is 17.5. The van der Waals surface area contributed by atoms with Crippen molar-refractivity contribution in [3.05, 3.63) is 47.2 Å². The molecule has 1 aromatic rings. The van der Waals surface area contributed by atoms with Crippen molar-refractivity contribution >= 4 is 52.8 Å². The Bertz CT molecular complexity index is 1960. The monoisotopic (exact) mass is 940 g/mol. The molecule has 0 radical (unpaired) electrons. The van der Waals surface area contributed by atoms with Gasteiger partial charge < -0.3 is 63.2 Å². The number of likely N-dealkylation sites (N-methyl/N-ethyl adjacent to an activating group) is 2. The minimum Gasteiger partial charge on any atom is -0.508 e. The van der Waals surface area contributed by atoms with Crippen LogP contribution in [0.15, 0.2) is 36.1 Å². The fourth-order valence-corrected chi connectivity index (χ4v) is 8.09. The number of phenolic OH excluding ortho intramolecular Hbond substituents is 1. The highest BCUT2D eigenvalue weighted by atomic mass is 16.3. The number of phenols is 1. The maximum absolute atomic E-state index is 14.1. The SMILES string of the molecule is CCCCCCCCCCCCCCCC(=O)N(C)[C@H](CO)C(=O)N[C@H](N)C(=O)NCC(=O)N(C)[C@@H]1C(=O)N[C@@H](C)C(=O)N[C@H](C(=O)NCC(N)=O)Cc2ccc(O)c(c2)C2=C(O)C=CC1C2. The molecule has 20 heteroatoms. The lowest BCUT2D eigenvalue weighted by Gasteiger charge is -2.35. The van der Waals surface area contributed by atoms with E-state index < -0.39 is 97.3 Å². The molecule has 3 rings (SSSR count). The van der Waals surface area contributed by atoms with Gasteiger partial charge in [0.15, 0.2) is 6.17 Å². The number of benzene rings is 1. The summed E-state index contributed by atoms with van der Waals surface area (Å²) >= 11 is 0. The molecule has 12 N–H and O–H groups in total. The van der Waals surface area contributed by atoms with Gasteiger partial charge in [-0.2, -0.15) is 0 Å². The molecule has 1 unspecified atom stereocenters. The fraction of sp³-hybridized carbons (Fsp3) is 0.617. The van der Waals surface area contributed by atoms with E-state index in [1.807, 2.05) is 0 Å². The van der Waals surface area contributed by atoms with Crippen molar-refractivity contribution in [1.82, 2.24) is 36.4 Å². The Balaban J connectivity index is 1.61. The van der Waals surface area contributed by atoms with Crippen LogP contribution in [0, 0.1) is 5.92 Å². The third-order valence-corrected chi connectivity index (χ3v) is 12.2. The number of nitrogens with two attached hydrogens (primary N) is 2. The summed E-state index contributed by atoms with van der Waals surface area (Å²) in [5, 5.41) is 44.0. The molecule has 2 aliphatic rings. The zero-order valence-corrected chi connectivity index (χ0v) is 39.4. The van der Waals surface area contributed by atoms with Gasteiger partial charge in [-0.15, -0.1) is 0 Å². The van der Waals surface area contributed by atoms with Crippen molar-refractivity contribution in [1.29, 1.82) is 0 Å². The molecule has 4 bridgehead atoms. The molecule has 20 nitrogen and oxygen atoms in total. The van der Waals surface area contributed by atoms with Gasteiger partial charge >= 0.3 is 0 Å². The third-order valence-electron chi connectivity index (χ3n) is 12.2. The van der Waals surface area contributed by atoms with E-state index in [4.69, 9.17) is 11.5 Å². The lowest BCUT2D eigenvalue weighted by molar-refractivity contribution is -0.142. The molecule has 8 amide bonds. The van der Waals surface area contributed by atoms with E-state index in [0.29, 0.717) is 12.0 Å². The Morgan fingerprint density at radius 1 is 0.806 bits per heavy atom.